The number of ether oxygens (including phenoxy) is 3. The van der Waals surface area contributed by atoms with Gasteiger partial charge in [-0.15, -0.1) is 0 Å². The van der Waals surface area contributed by atoms with Crippen LogP contribution < -0.4 is 10.4 Å². The standard InChI is InChI=1S/C20H24O10/c1-20(2,26)18-17(30-19-16(25)15(24)14(23)12(7-21)29-19)9-5-8-3-4-13(22)27-10(8)6-11(9)28-18/h3-6,12,14-19,21,23-26H,7H2,1-2H3. The largest absolute Gasteiger partial charge is 0.484 e. The predicted molar refractivity (Wildman–Crippen MR) is 101 cm³/mol. The van der Waals surface area contributed by atoms with E-state index in [1.165, 1.54) is 26.0 Å². The van der Waals surface area contributed by atoms with Crippen LogP contribution in [-0.2, 0) is 9.47 Å². The lowest BCUT2D eigenvalue weighted by Crippen LogP contribution is -2.59. The van der Waals surface area contributed by atoms with Crippen molar-refractivity contribution in [1.29, 1.82) is 0 Å². The van der Waals surface area contributed by atoms with Crippen molar-refractivity contribution in [3.8, 4) is 5.75 Å². The number of aliphatic hydroxyl groups is 5. The predicted octanol–water partition coefficient (Wildman–Crippen LogP) is -0.818. The molecule has 10 heteroatoms. The van der Waals surface area contributed by atoms with Crippen LogP contribution in [0, 0.1) is 0 Å². The molecule has 164 valence electrons. The lowest BCUT2D eigenvalue weighted by molar-refractivity contribution is -0.319. The average molecular weight is 424 g/mol. The fraction of sp³-hybridized carbons (Fsp3) is 0.550. The van der Waals surface area contributed by atoms with E-state index in [2.05, 4.69) is 0 Å². The lowest BCUT2D eigenvalue weighted by Gasteiger charge is -2.41. The molecule has 2 aliphatic heterocycles. The van der Waals surface area contributed by atoms with Crippen molar-refractivity contribution < 1.29 is 44.2 Å². The zero-order chi connectivity index (χ0) is 21.8. The van der Waals surface area contributed by atoms with Crippen molar-refractivity contribution in [1.82, 2.24) is 0 Å². The summed E-state index contributed by atoms with van der Waals surface area (Å²) in [5, 5.41) is 50.9. The van der Waals surface area contributed by atoms with E-state index in [0.717, 1.165) is 0 Å². The van der Waals surface area contributed by atoms with Gasteiger partial charge in [-0.3, -0.25) is 0 Å². The maximum absolute atomic E-state index is 11.5. The number of rotatable bonds is 4. The molecule has 0 aliphatic carbocycles. The summed E-state index contributed by atoms with van der Waals surface area (Å²) < 4.78 is 22.4. The summed E-state index contributed by atoms with van der Waals surface area (Å²) in [4.78, 5) is 11.5. The molecule has 1 aromatic carbocycles. The number of benzene rings is 1. The van der Waals surface area contributed by atoms with Crippen molar-refractivity contribution in [2.24, 2.45) is 0 Å². The van der Waals surface area contributed by atoms with E-state index in [1.54, 1.807) is 12.1 Å². The molecular formula is C20H24O10. The minimum absolute atomic E-state index is 0.296. The molecule has 0 radical (unpaired) electrons. The maximum Gasteiger partial charge on any atom is 0.336 e. The highest BCUT2D eigenvalue weighted by Crippen LogP contribution is 2.45. The van der Waals surface area contributed by atoms with Gasteiger partial charge in [-0.05, 0) is 26.0 Å². The van der Waals surface area contributed by atoms with E-state index in [1.807, 2.05) is 0 Å². The summed E-state index contributed by atoms with van der Waals surface area (Å²) in [6.07, 6.45) is -9.13. The average Bonchev–Trinajstić information content (AvgIpc) is 3.04. The Hall–Kier alpha value is -2.05. The topological polar surface area (TPSA) is 159 Å². The molecule has 5 N–H and O–H groups in total. The van der Waals surface area contributed by atoms with Crippen molar-refractivity contribution in [2.45, 2.75) is 62.4 Å². The van der Waals surface area contributed by atoms with Crippen molar-refractivity contribution in [3.63, 3.8) is 0 Å². The van der Waals surface area contributed by atoms with Crippen LogP contribution in [0.25, 0.3) is 11.0 Å². The Morgan fingerprint density at radius 2 is 1.83 bits per heavy atom. The summed E-state index contributed by atoms with van der Waals surface area (Å²) in [5.74, 6) is 0.318. The van der Waals surface area contributed by atoms with Crippen LogP contribution in [0.4, 0.5) is 0 Å². The molecule has 2 aliphatic rings. The number of fused-ring (bicyclic) bond motifs is 2. The summed E-state index contributed by atoms with van der Waals surface area (Å²) in [5.41, 5.74) is -1.09. The van der Waals surface area contributed by atoms with Gasteiger partial charge in [0.15, 0.2) is 12.4 Å². The third-order valence-electron chi connectivity index (χ3n) is 5.41. The molecule has 0 saturated carbocycles. The van der Waals surface area contributed by atoms with Gasteiger partial charge in [-0.2, -0.15) is 0 Å². The third-order valence-corrected chi connectivity index (χ3v) is 5.41. The third kappa shape index (κ3) is 3.60. The highest BCUT2D eigenvalue weighted by atomic mass is 16.7. The zero-order valence-corrected chi connectivity index (χ0v) is 16.3. The van der Waals surface area contributed by atoms with E-state index in [-0.39, 0.29) is 0 Å². The van der Waals surface area contributed by atoms with Crippen LogP contribution in [0.5, 0.6) is 5.75 Å². The van der Waals surface area contributed by atoms with Crippen LogP contribution in [0.2, 0.25) is 0 Å². The van der Waals surface area contributed by atoms with E-state index >= 15 is 0 Å². The fourth-order valence-electron chi connectivity index (χ4n) is 3.78. The van der Waals surface area contributed by atoms with Gasteiger partial charge in [0, 0.05) is 23.1 Å². The Morgan fingerprint density at radius 3 is 2.50 bits per heavy atom. The van der Waals surface area contributed by atoms with Crippen LogP contribution >= 0.6 is 0 Å². The molecule has 1 fully saturated rings. The first-order valence-electron chi connectivity index (χ1n) is 9.53. The molecule has 0 amide bonds. The second-order valence-corrected chi connectivity index (χ2v) is 8.13. The first kappa shape index (κ1) is 21.2. The molecule has 3 heterocycles. The SMILES string of the molecule is CC(C)(O)C1Oc2cc3oc(=O)ccc3cc2C1OC1OC(CO)C(O)C(O)C1O. The van der Waals surface area contributed by atoms with Gasteiger partial charge in [0.2, 0.25) is 0 Å². The van der Waals surface area contributed by atoms with Gasteiger partial charge < -0.3 is 44.2 Å². The minimum atomic E-state index is -1.60. The summed E-state index contributed by atoms with van der Waals surface area (Å²) in [6, 6.07) is 6.03. The van der Waals surface area contributed by atoms with Gasteiger partial charge in [0.1, 0.15) is 41.9 Å². The number of hydrogen-bond donors (Lipinski definition) is 5. The first-order chi connectivity index (χ1) is 14.1. The zero-order valence-electron chi connectivity index (χ0n) is 16.3. The van der Waals surface area contributed by atoms with Crippen LogP contribution in [0.15, 0.2) is 33.5 Å². The Morgan fingerprint density at radius 1 is 1.10 bits per heavy atom. The minimum Gasteiger partial charge on any atom is -0.484 e. The lowest BCUT2D eigenvalue weighted by atomic mass is 9.93. The van der Waals surface area contributed by atoms with Crippen molar-refractivity contribution in [2.75, 3.05) is 6.61 Å². The molecule has 7 atom stereocenters. The van der Waals surface area contributed by atoms with E-state index in [0.29, 0.717) is 22.3 Å². The molecule has 1 aromatic heterocycles. The van der Waals surface area contributed by atoms with Crippen LogP contribution in [0.3, 0.4) is 0 Å². The molecule has 2 aromatic rings. The Balaban J connectivity index is 1.72. The monoisotopic (exact) mass is 424 g/mol. The molecule has 1 saturated heterocycles. The fourth-order valence-corrected chi connectivity index (χ4v) is 3.78. The second-order valence-electron chi connectivity index (χ2n) is 8.13. The van der Waals surface area contributed by atoms with Crippen molar-refractivity contribution >= 4 is 11.0 Å². The van der Waals surface area contributed by atoms with E-state index < -0.39 is 60.7 Å². The van der Waals surface area contributed by atoms with Gasteiger partial charge >= 0.3 is 5.63 Å². The number of aliphatic hydroxyl groups excluding tert-OH is 4. The normalized spacial score (nSPS) is 34.0. The highest BCUT2D eigenvalue weighted by molar-refractivity contribution is 5.80. The Kier molecular flexibility index (Phi) is 5.35. The highest BCUT2D eigenvalue weighted by Gasteiger charge is 2.50. The maximum atomic E-state index is 11.5. The summed E-state index contributed by atoms with van der Waals surface area (Å²) in [6.45, 7) is 2.45. The molecule has 10 nitrogen and oxygen atoms in total. The van der Waals surface area contributed by atoms with Gasteiger partial charge in [-0.25, -0.2) is 4.79 Å². The van der Waals surface area contributed by atoms with Crippen LogP contribution in [0.1, 0.15) is 25.5 Å². The number of hydrogen-bond acceptors (Lipinski definition) is 10. The van der Waals surface area contributed by atoms with E-state index in [9.17, 15) is 30.3 Å². The smallest absolute Gasteiger partial charge is 0.336 e. The van der Waals surface area contributed by atoms with Crippen LogP contribution in [-0.4, -0.2) is 74.6 Å². The molecule has 0 spiro atoms. The molecular weight excluding hydrogens is 400 g/mol. The van der Waals surface area contributed by atoms with Gasteiger partial charge in [-0.1, -0.05) is 0 Å². The molecule has 30 heavy (non-hydrogen) atoms. The Labute approximate surface area is 170 Å². The molecule has 0 bridgehead atoms. The summed E-state index contributed by atoms with van der Waals surface area (Å²) >= 11 is 0. The Bertz CT molecular complexity index is 978. The van der Waals surface area contributed by atoms with Crippen molar-refractivity contribution in [3.05, 3.63) is 40.2 Å². The summed E-state index contributed by atoms with van der Waals surface area (Å²) in [7, 11) is 0. The van der Waals surface area contributed by atoms with Gasteiger partial charge in [0.25, 0.3) is 0 Å². The second kappa shape index (κ2) is 7.57. The molecule has 4 rings (SSSR count). The quantitative estimate of drug-likeness (QED) is 0.393. The van der Waals surface area contributed by atoms with Gasteiger partial charge in [0.05, 0.1) is 12.2 Å². The first-order valence-corrected chi connectivity index (χ1v) is 9.53. The van der Waals surface area contributed by atoms with E-state index in [4.69, 9.17) is 18.6 Å². The molecule has 7 unspecified atom stereocenters.